The summed E-state index contributed by atoms with van der Waals surface area (Å²) >= 11 is 0. The van der Waals surface area contributed by atoms with Crippen LogP contribution in [0.3, 0.4) is 0 Å². The van der Waals surface area contributed by atoms with Gasteiger partial charge in [-0.2, -0.15) is 0 Å². The number of hydrogen-bond acceptors (Lipinski definition) is 2. The number of rotatable bonds is 0. The highest BCUT2D eigenvalue weighted by Crippen LogP contribution is 2.43. The molecule has 1 saturated carbocycles. The van der Waals surface area contributed by atoms with Crippen molar-refractivity contribution < 1.29 is 9.84 Å². The van der Waals surface area contributed by atoms with Gasteiger partial charge in [-0.05, 0) is 43.6 Å². The minimum Gasteiger partial charge on any atom is -0.467 e. The molecule has 1 N–H and O–H groups in total. The highest BCUT2D eigenvalue weighted by Gasteiger charge is 2.39. The van der Waals surface area contributed by atoms with Gasteiger partial charge in [-0.25, -0.2) is 0 Å². The Labute approximate surface area is 161 Å². The van der Waals surface area contributed by atoms with Crippen LogP contribution in [-0.2, 0) is 4.74 Å². The molecular formula is C24H42O2. The molecule has 2 unspecified atom stereocenters. The molecule has 2 bridgehead atoms. The van der Waals surface area contributed by atoms with E-state index in [9.17, 15) is 5.11 Å². The van der Waals surface area contributed by atoms with Crippen molar-refractivity contribution in [1.82, 2.24) is 0 Å². The molecule has 2 atom stereocenters. The first-order valence-electron chi connectivity index (χ1n) is 11.9. The van der Waals surface area contributed by atoms with Gasteiger partial charge < -0.3 is 9.84 Å². The van der Waals surface area contributed by atoms with Gasteiger partial charge in [0, 0.05) is 19.3 Å². The fourth-order valence-electron chi connectivity index (χ4n) is 5.39. The lowest BCUT2D eigenvalue weighted by molar-refractivity contribution is -0.205. The van der Waals surface area contributed by atoms with Crippen molar-refractivity contribution in [2.45, 2.75) is 134 Å². The molecule has 1 aliphatic heterocycles. The number of hydrogen-bond donors (Lipinski definition) is 1. The fraction of sp³-hybridized carbons (Fsp3) is 0.917. The van der Waals surface area contributed by atoms with Gasteiger partial charge in [-0.3, -0.25) is 0 Å². The maximum absolute atomic E-state index is 11.3. The van der Waals surface area contributed by atoms with Gasteiger partial charge in [0.2, 0.25) is 5.79 Å². The minimum absolute atomic E-state index is 0.575. The molecule has 2 aliphatic carbocycles. The number of ether oxygens (including phenoxy) is 1. The summed E-state index contributed by atoms with van der Waals surface area (Å²) in [6.45, 7) is 0. The Morgan fingerprint density at radius 2 is 1.19 bits per heavy atom. The molecule has 0 radical (unpaired) electrons. The topological polar surface area (TPSA) is 29.5 Å². The van der Waals surface area contributed by atoms with Gasteiger partial charge >= 0.3 is 0 Å². The predicted molar refractivity (Wildman–Crippen MR) is 109 cm³/mol. The van der Waals surface area contributed by atoms with E-state index in [1.807, 2.05) is 0 Å². The van der Waals surface area contributed by atoms with Crippen LogP contribution >= 0.6 is 0 Å². The molecule has 0 aromatic carbocycles. The fourth-order valence-corrected chi connectivity index (χ4v) is 5.39. The Morgan fingerprint density at radius 1 is 0.654 bits per heavy atom. The molecule has 3 aliphatic rings. The van der Waals surface area contributed by atoms with Gasteiger partial charge in [-0.15, -0.1) is 0 Å². The third-order valence-corrected chi connectivity index (χ3v) is 6.95. The van der Waals surface area contributed by atoms with Crippen LogP contribution in [0.5, 0.6) is 0 Å². The second-order valence-corrected chi connectivity index (χ2v) is 9.24. The van der Waals surface area contributed by atoms with E-state index in [0.717, 1.165) is 25.7 Å². The van der Waals surface area contributed by atoms with Crippen LogP contribution < -0.4 is 0 Å². The molecule has 0 amide bonds. The van der Waals surface area contributed by atoms with E-state index in [-0.39, 0.29) is 0 Å². The maximum atomic E-state index is 11.3. The zero-order chi connectivity index (χ0) is 18.1. The molecule has 2 nitrogen and oxygen atoms in total. The van der Waals surface area contributed by atoms with Crippen molar-refractivity contribution in [3.63, 3.8) is 0 Å². The van der Waals surface area contributed by atoms with E-state index in [1.165, 1.54) is 108 Å². The summed E-state index contributed by atoms with van der Waals surface area (Å²) in [5.41, 5.74) is 1.60. The molecule has 0 saturated heterocycles. The average molecular weight is 363 g/mol. The summed E-state index contributed by atoms with van der Waals surface area (Å²) < 4.78 is 6.39. The van der Waals surface area contributed by atoms with Crippen molar-refractivity contribution in [3.05, 3.63) is 11.3 Å². The molecule has 26 heavy (non-hydrogen) atoms. The third-order valence-electron chi connectivity index (χ3n) is 6.95. The quantitative estimate of drug-likeness (QED) is 0.486. The summed E-state index contributed by atoms with van der Waals surface area (Å²) in [7, 11) is 0. The van der Waals surface area contributed by atoms with Gasteiger partial charge in [0.25, 0.3) is 0 Å². The average Bonchev–Trinajstić information content (AvgIpc) is 2.60. The lowest BCUT2D eigenvalue weighted by Crippen LogP contribution is -2.39. The van der Waals surface area contributed by atoms with Crippen LogP contribution in [-0.4, -0.2) is 10.9 Å². The first-order chi connectivity index (χ1) is 12.8. The summed E-state index contributed by atoms with van der Waals surface area (Å²) in [4.78, 5) is 0. The van der Waals surface area contributed by atoms with Crippen molar-refractivity contribution in [1.29, 1.82) is 0 Å². The second kappa shape index (κ2) is 10.7. The maximum Gasteiger partial charge on any atom is 0.208 e. The van der Waals surface area contributed by atoms with Crippen LogP contribution in [0.1, 0.15) is 128 Å². The standard InChI is InChI=1S/C24H42O2/c25-24-19-15-11-7-3-4-8-12-16-21(20-24)22-17-13-9-5-1-2-6-10-14-18-23(22)26-24/h21,25H,1-20H2. The zero-order valence-electron chi connectivity index (χ0n) is 17.1. The van der Waals surface area contributed by atoms with E-state index in [2.05, 4.69) is 0 Å². The normalized spacial score (nSPS) is 33.5. The number of allylic oxidation sites excluding steroid dienone is 2. The Kier molecular flexibility index (Phi) is 8.36. The summed E-state index contributed by atoms with van der Waals surface area (Å²) in [6.07, 6.45) is 25.3. The van der Waals surface area contributed by atoms with E-state index >= 15 is 0 Å². The van der Waals surface area contributed by atoms with Gasteiger partial charge in [0.15, 0.2) is 0 Å². The minimum atomic E-state index is -0.875. The third kappa shape index (κ3) is 6.29. The lowest BCUT2D eigenvalue weighted by atomic mass is 9.79. The number of fused-ring (bicyclic) bond motifs is 3. The Balaban J connectivity index is 1.76. The molecule has 0 aromatic rings. The van der Waals surface area contributed by atoms with E-state index < -0.39 is 5.79 Å². The first kappa shape index (κ1) is 20.2. The first-order valence-corrected chi connectivity index (χ1v) is 11.9. The Bertz CT molecular complexity index is 441. The summed E-state index contributed by atoms with van der Waals surface area (Å²) in [5, 5.41) is 11.3. The zero-order valence-corrected chi connectivity index (χ0v) is 17.1. The highest BCUT2D eigenvalue weighted by atomic mass is 16.6. The Hall–Kier alpha value is -0.500. The Morgan fingerprint density at radius 3 is 1.88 bits per heavy atom. The van der Waals surface area contributed by atoms with Gasteiger partial charge in [0.05, 0.1) is 5.76 Å². The SMILES string of the molecule is OC12CCCCCCCCCC(C1)C1=C(CCCCCCCCCC1)O2. The molecule has 3 rings (SSSR count). The van der Waals surface area contributed by atoms with Crippen LogP contribution in [0.15, 0.2) is 11.3 Å². The van der Waals surface area contributed by atoms with Crippen LogP contribution in [0.25, 0.3) is 0 Å². The van der Waals surface area contributed by atoms with E-state index in [4.69, 9.17) is 4.74 Å². The molecule has 1 fully saturated rings. The van der Waals surface area contributed by atoms with E-state index in [0.29, 0.717) is 5.92 Å². The highest BCUT2D eigenvalue weighted by molar-refractivity contribution is 5.17. The summed E-state index contributed by atoms with van der Waals surface area (Å²) in [5.74, 6) is 0.909. The molecule has 0 spiro atoms. The van der Waals surface area contributed by atoms with Crippen LogP contribution in [0.4, 0.5) is 0 Å². The van der Waals surface area contributed by atoms with E-state index in [1.54, 1.807) is 5.57 Å². The molecule has 150 valence electrons. The summed E-state index contributed by atoms with van der Waals surface area (Å²) in [6, 6.07) is 0. The number of aliphatic hydroxyl groups is 1. The molecule has 1 heterocycles. The van der Waals surface area contributed by atoms with Gasteiger partial charge in [-0.1, -0.05) is 77.0 Å². The molecule has 2 heteroatoms. The predicted octanol–water partition coefficient (Wildman–Crippen LogP) is 7.40. The van der Waals surface area contributed by atoms with Crippen molar-refractivity contribution in [2.24, 2.45) is 5.92 Å². The lowest BCUT2D eigenvalue weighted by Gasteiger charge is -2.41. The van der Waals surface area contributed by atoms with Crippen LogP contribution in [0.2, 0.25) is 0 Å². The second-order valence-electron chi connectivity index (χ2n) is 9.24. The smallest absolute Gasteiger partial charge is 0.208 e. The van der Waals surface area contributed by atoms with Crippen molar-refractivity contribution in [2.75, 3.05) is 0 Å². The monoisotopic (exact) mass is 362 g/mol. The van der Waals surface area contributed by atoms with Crippen LogP contribution in [0, 0.1) is 5.92 Å². The largest absolute Gasteiger partial charge is 0.467 e. The van der Waals surface area contributed by atoms with Crippen molar-refractivity contribution >= 4 is 0 Å². The van der Waals surface area contributed by atoms with Crippen molar-refractivity contribution in [3.8, 4) is 0 Å². The molecular weight excluding hydrogens is 320 g/mol. The van der Waals surface area contributed by atoms with Gasteiger partial charge in [0.1, 0.15) is 0 Å². The molecule has 0 aromatic heterocycles.